The summed E-state index contributed by atoms with van der Waals surface area (Å²) in [7, 11) is -3.91. The number of benzene rings is 3. The monoisotopic (exact) mass is 472 g/mol. The maximum Gasteiger partial charge on any atom is 0.262 e. The van der Waals surface area contributed by atoms with Crippen LogP contribution in [0.5, 0.6) is 17.2 Å². The summed E-state index contributed by atoms with van der Waals surface area (Å²) >= 11 is 0. The third-order valence-electron chi connectivity index (χ3n) is 4.67. The Kier molecular flexibility index (Phi) is 6.64. The zero-order chi connectivity index (χ0) is 23.3. The van der Waals surface area contributed by atoms with E-state index in [0.717, 1.165) is 0 Å². The van der Waals surface area contributed by atoms with E-state index in [2.05, 4.69) is 10.0 Å². The van der Waals surface area contributed by atoms with Crippen molar-refractivity contribution in [3.05, 3.63) is 78.1 Å². The molecule has 0 radical (unpaired) electrons. The van der Waals surface area contributed by atoms with Crippen molar-refractivity contribution in [3.63, 3.8) is 0 Å². The van der Waals surface area contributed by atoms with Gasteiger partial charge >= 0.3 is 0 Å². The number of anilines is 1. The Labute approximate surface area is 190 Å². The van der Waals surface area contributed by atoms with Gasteiger partial charge in [-0.1, -0.05) is 6.07 Å². The molecule has 0 bridgehead atoms. The van der Waals surface area contributed by atoms with Crippen molar-refractivity contribution in [1.29, 1.82) is 0 Å². The SMILES string of the molecule is O=C(NCCOc1ccc(F)cc1)c1cccc(NS(=O)(=O)c2ccc3c(c2)OCCO3)c1. The van der Waals surface area contributed by atoms with Crippen LogP contribution >= 0.6 is 0 Å². The summed E-state index contributed by atoms with van der Waals surface area (Å²) < 4.78 is 57.2. The number of hydrogen-bond donors (Lipinski definition) is 2. The average molecular weight is 472 g/mol. The van der Waals surface area contributed by atoms with Crippen molar-refractivity contribution in [3.8, 4) is 17.2 Å². The van der Waals surface area contributed by atoms with E-state index in [1.54, 1.807) is 24.3 Å². The van der Waals surface area contributed by atoms with Gasteiger partial charge in [0.05, 0.1) is 11.4 Å². The molecule has 0 aromatic heterocycles. The fourth-order valence-electron chi connectivity index (χ4n) is 3.10. The smallest absolute Gasteiger partial charge is 0.262 e. The van der Waals surface area contributed by atoms with Gasteiger partial charge in [-0.25, -0.2) is 12.8 Å². The van der Waals surface area contributed by atoms with Crippen molar-refractivity contribution >= 4 is 21.6 Å². The Morgan fingerprint density at radius 2 is 1.73 bits per heavy atom. The molecule has 0 saturated carbocycles. The lowest BCUT2D eigenvalue weighted by Crippen LogP contribution is -2.28. The fourth-order valence-corrected chi connectivity index (χ4v) is 4.16. The second-order valence-corrected chi connectivity index (χ2v) is 8.73. The normalized spacial score (nSPS) is 12.6. The lowest BCUT2D eigenvalue weighted by atomic mass is 10.2. The Bertz CT molecular complexity index is 1250. The first kappa shape index (κ1) is 22.4. The number of fused-ring (bicyclic) bond motifs is 1. The largest absolute Gasteiger partial charge is 0.492 e. The topological polar surface area (TPSA) is 103 Å². The quantitative estimate of drug-likeness (QED) is 0.488. The summed E-state index contributed by atoms with van der Waals surface area (Å²) in [5, 5.41) is 2.69. The predicted molar refractivity (Wildman–Crippen MR) is 119 cm³/mol. The summed E-state index contributed by atoms with van der Waals surface area (Å²) in [6.45, 7) is 1.15. The number of halogens is 1. The van der Waals surface area contributed by atoms with Crippen molar-refractivity contribution in [2.75, 3.05) is 31.1 Å². The van der Waals surface area contributed by atoms with E-state index < -0.39 is 15.9 Å². The molecule has 1 heterocycles. The molecule has 1 aliphatic heterocycles. The van der Waals surface area contributed by atoms with Crippen LogP contribution in [0.4, 0.5) is 10.1 Å². The Morgan fingerprint density at radius 1 is 0.970 bits per heavy atom. The number of ether oxygens (including phenoxy) is 3. The van der Waals surface area contributed by atoms with Crippen LogP contribution in [0.2, 0.25) is 0 Å². The van der Waals surface area contributed by atoms with Crippen LogP contribution in [-0.2, 0) is 10.0 Å². The summed E-state index contributed by atoms with van der Waals surface area (Å²) in [6, 6.07) is 16.0. The number of carbonyl (C=O) groups excluding carboxylic acids is 1. The molecule has 1 amide bonds. The summed E-state index contributed by atoms with van der Waals surface area (Å²) in [4.78, 5) is 12.4. The molecule has 172 valence electrons. The van der Waals surface area contributed by atoms with Gasteiger partial charge in [0, 0.05) is 17.3 Å². The Morgan fingerprint density at radius 3 is 2.52 bits per heavy atom. The van der Waals surface area contributed by atoms with Crippen LogP contribution in [0.15, 0.2) is 71.6 Å². The highest BCUT2D eigenvalue weighted by atomic mass is 32.2. The zero-order valence-electron chi connectivity index (χ0n) is 17.4. The van der Waals surface area contributed by atoms with E-state index in [1.165, 1.54) is 42.5 Å². The summed E-state index contributed by atoms with van der Waals surface area (Å²) in [5.41, 5.74) is 0.513. The van der Waals surface area contributed by atoms with Gasteiger partial charge in [0.1, 0.15) is 31.4 Å². The van der Waals surface area contributed by atoms with Crippen LogP contribution in [0.3, 0.4) is 0 Å². The second kappa shape index (κ2) is 9.78. The molecule has 4 rings (SSSR count). The number of amides is 1. The van der Waals surface area contributed by atoms with E-state index in [1.807, 2.05) is 0 Å². The van der Waals surface area contributed by atoms with Crippen LogP contribution in [-0.4, -0.2) is 40.7 Å². The molecular weight excluding hydrogens is 451 g/mol. The number of hydrogen-bond acceptors (Lipinski definition) is 6. The number of rotatable bonds is 8. The molecule has 2 N–H and O–H groups in total. The number of carbonyl (C=O) groups is 1. The first-order chi connectivity index (χ1) is 15.9. The number of sulfonamides is 1. The lowest BCUT2D eigenvalue weighted by Gasteiger charge is -2.19. The molecule has 3 aromatic carbocycles. The molecule has 8 nitrogen and oxygen atoms in total. The lowest BCUT2D eigenvalue weighted by molar-refractivity contribution is 0.0947. The first-order valence-corrected chi connectivity index (χ1v) is 11.6. The van der Waals surface area contributed by atoms with Crippen LogP contribution in [0.25, 0.3) is 0 Å². The van der Waals surface area contributed by atoms with Crippen LogP contribution < -0.4 is 24.2 Å². The maximum absolute atomic E-state index is 12.9. The van der Waals surface area contributed by atoms with E-state index in [-0.39, 0.29) is 35.1 Å². The van der Waals surface area contributed by atoms with E-state index in [4.69, 9.17) is 14.2 Å². The molecule has 10 heteroatoms. The maximum atomic E-state index is 12.9. The minimum absolute atomic E-state index is 0.0135. The third kappa shape index (κ3) is 5.72. The van der Waals surface area contributed by atoms with E-state index in [0.29, 0.717) is 30.5 Å². The highest BCUT2D eigenvalue weighted by molar-refractivity contribution is 7.92. The predicted octanol–water partition coefficient (Wildman–Crippen LogP) is 3.21. The fraction of sp³-hybridized carbons (Fsp3) is 0.174. The molecule has 33 heavy (non-hydrogen) atoms. The molecule has 0 unspecified atom stereocenters. The molecule has 0 atom stereocenters. The molecule has 3 aromatic rings. The second-order valence-electron chi connectivity index (χ2n) is 7.05. The standard InChI is InChI=1S/C23H21FN2O6S/c24-17-4-6-19(7-5-17)30-11-10-25-23(27)16-2-1-3-18(14-16)26-33(28,29)20-8-9-21-22(15-20)32-13-12-31-21/h1-9,14-15,26H,10-13H2,(H,25,27). The molecule has 0 saturated heterocycles. The minimum atomic E-state index is -3.91. The van der Waals surface area contributed by atoms with Crippen molar-refractivity contribution < 1.29 is 31.8 Å². The Balaban J connectivity index is 1.35. The molecular formula is C23H21FN2O6S. The summed E-state index contributed by atoms with van der Waals surface area (Å²) in [5.74, 6) is 0.585. The van der Waals surface area contributed by atoms with Gasteiger partial charge in [-0.15, -0.1) is 0 Å². The van der Waals surface area contributed by atoms with Crippen LogP contribution in [0, 0.1) is 5.82 Å². The molecule has 0 spiro atoms. The third-order valence-corrected chi connectivity index (χ3v) is 6.05. The van der Waals surface area contributed by atoms with Gasteiger partial charge in [-0.2, -0.15) is 0 Å². The van der Waals surface area contributed by atoms with Gasteiger partial charge in [-0.3, -0.25) is 9.52 Å². The van der Waals surface area contributed by atoms with E-state index in [9.17, 15) is 17.6 Å². The molecule has 1 aliphatic rings. The molecule has 0 fully saturated rings. The summed E-state index contributed by atoms with van der Waals surface area (Å²) in [6.07, 6.45) is 0. The first-order valence-electron chi connectivity index (χ1n) is 10.1. The van der Waals surface area contributed by atoms with Crippen LogP contribution in [0.1, 0.15) is 10.4 Å². The van der Waals surface area contributed by atoms with E-state index >= 15 is 0 Å². The van der Waals surface area contributed by atoms with Gasteiger partial charge in [-0.05, 0) is 54.6 Å². The highest BCUT2D eigenvalue weighted by Crippen LogP contribution is 2.32. The van der Waals surface area contributed by atoms with Gasteiger partial charge < -0.3 is 19.5 Å². The molecule has 0 aliphatic carbocycles. The van der Waals surface area contributed by atoms with Gasteiger partial charge in [0.15, 0.2) is 11.5 Å². The minimum Gasteiger partial charge on any atom is -0.492 e. The van der Waals surface area contributed by atoms with Crippen molar-refractivity contribution in [2.24, 2.45) is 0 Å². The Hall–Kier alpha value is -3.79. The van der Waals surface area contributed by atoms with Crippen molar-refractivity contribution in [2.45, 2.75) is 4.90 Å². The van der Waals surface area contributed by atoms with Gasteiger partial charge in [0.2, 0.25) is 0 Å². The van der Waals surface area contributed by atoms with Crippen molar-refractivity contribution in [1.82, 2.24) is 5.32 Å². The number of nitrogens with one attached hydrogen (secondary N) is 2. The zero-order valence-corrected chi connectivity index (χ0v) is 18.2. The van der Waals surface area contributed by atoms with Gasteiger partial charge in [0.25, 0.3) is 15.9 Å². The average Bonchev–Trinajstić information content (AvgIpc) is 2.82. The highest BCUT2D eigenvalue weighted by Gasteiger charge is 2.20.